The van der Waals surface area contributed by atoms with Crippen molar-refractivity contribution in [3.05, 3.63) is 48.6 Å². The lowest BCUT2D eigenvalue weighted by atomic mass is 9.92. The van der Waals surface area contributed by atoms with E-state index < -0.39 is 0 Å². The van der Waals surface area contributed by atoms with Gasteiger partial charge in [-0.1, -0.05) is 42.8 Å². The molecule has 98 valence electrons. The van der Waals surface area contributed by atoms with Gasteiger partial charge in [-0.2, -0.15) is 0 Å². The molecule has 1 heterocycles. The van der Waals surface area contributed by atoms with Crippen LogP contribution < -0.4 is 0 Å². The fourth-order valence-corrected chi connectivity index (χ4v) is 3.07. The Labute approximate surface area is 110 Å². The molecule has 3 atom stereocenters. The first-order chi connectivity index (χ1) is 8.77. The molecule has 2 heteroatoms. The van der Waals surface area contributed by atoms with Crippen LogP contribution in [0.15, 0.2) is 43.0 Å². The van der Waals surface area contributed by atoms with Crippen molar-refractivity contribution in [2.24, 2.45) is 0 Å². The SMILES string of the molecule is C=C[C@H]1CCC[C@H](C)N1[C@@H](CO)c1ccccc1. The molecule has 0 bridgehead atoms. The zero-order valence-electron chi connectivity index (χ0n) is 11.1. The molecule has 1 aliphatic heterocycles. The smallest absolute Gasteiger partial charge is 0.0628 e. The summed E-state index contributed by atoms with van der Waals surface area (Å²) in [5.41, 5.74) is 1.20. The van der Waals surface area contributed by atoms with Gasteiger partial charge in [0.2, 0.25) is 0 Å². The Hall–Kier alpha value is -1.12. The lowest BCUT2D eigenvalue weighted by molar-refractivity contribution is 0.0361. The zero-order chi connectivity index (χ0) is 13.0. The molecule has 0 spiro atoms. The number of aliphatic hydroxyl groups is 1. The molecule has 1 fully saturated rings. The van der Waals surface area contributed by atoms with E-state index in [2.05, 4.69) is 30.5 Å². The minimum absolute atomic E-state index is 0.0875. The van der Waals surface area contributed by atoms with Crippen LogP contribution >= 0.6 is 0 Å². The van der Waals surface area contributed by atoms with E-state index >= 15 is 0 Å². The average Bonchev–Trinajstić information content (AvgIpc) is 2.42. The fourth-order valence-electron chi connectivity index (χ4n) is 3.07. The molecular formula is C16H23NO. The van der Waals surface area contributed by atoms with E-state index in [-0.39, 0.29) is 12.6 Å². The van der Waals surface area contributed by atoms with E-state index in [0.717, 1.165) is 6.42 Å². The Morgan fingerprint density at radius 2 is 2.11 bits per heavy atom. The van der Waals surface area contributed by atoms with Crippen molar-refractivity contribution in [2.75, 3.05) is 6.61 Å². The fraction of sp³-hybridized carbons (Fsp3) is 0.500. The number of piperidine rings is 1. The third-order valence-corrected chi connectivity index (χ3v) is 4.00. The summed E-state index contributed by atoms with van der Waals surface area (Å²) in [6.45, 7) is 6.37. The second kappa shape index (κ2) is 6.17. The van der Waals surface area contributed by atoms with Gasteiger partial charge in [-0.15, -0.1) is 6.58 Å². The number of hydrogen-bond acceptors (Lipinski definition) is 2. The van der Waals surface area contributed by atoms with E-state index in [0.29, 0.717) is 12.1 Å². The Morgan fingerprint density at radius 1 is 1.39 bits per heavy atom. The second-order valence-corrected chi connectivity index (χ2v) is 5.14. The molecule has 1 aromatic carbocycles. The Morgan fingerprint density at radius 3 is 2.72 bits per heavy atom. The van der Waals surface area contributed by atoms with Crippen LogP contribution in [0.3, 0.4) is 0 Å². The summed E-state index contributed by atoms with van der Waals surface area (Å²) in [4.78, 5) is 2.42. The highest BCUT2D eigenvalue weighted by Crippen LogP contribution is 2.32. The van der Waals surface area contributed by atoms with Crippen molar-refractivity contribution >= 4 is 0 Å². The van der Waals surface area contributed by atoms with E-state index in [4.69, 9.17) is 0 Å². The minimum atomic E-state index is 0.0875. The van der Waals surface area contributed by atoms with Crippen molar-refractivity contribution in [1.29, 1.82) is 0 Å². The zero-order valence-corrected chi connectivity index (χ0v) is 11.1. The molecule has 0 saturated carbocycles. The van der Waals surface area contributed by atoms with Crippen molar-refractivity contribution in [1.82, 2.24) is 4.90 Å². The summed E-state index contributed by atoms with van der Waals surface area (Å²) in [6, 6.07) is 11.3. The molecule has 0 amide bonds. The number of benzene rings is 1. The maximum Gasteiger partial charge on any atom is 0.0628 e. The Bertz CT molecular complexity index is 376. The summed E-state index contributed by atoms with van der Waals surface area (Å²) in [5.74, 6) is 0. The molecule has 0 radical (unpaired) electrons. The van der Waals surface area contributed by atoms with E-state index in [1.807, 2.05) is 24.3 Å². The van der Waals surface area contributed by atoms with Crippen LogP contribution in [0.25, 0.3) is 0 Å². The number of rotatable bonds is 4. The van der Waals surface area contributed by atoms with Gasteiger partial charge in [-0.05, 0) is 25.3 Å². The summed E-state index contributed by atoms with van der Waals surface area (Å²) in [7, 11) is 0. The van der Waals surface area contributed by atoms with Crippen LogP contribution in [-0.4, -0.2) is 28.7 Å². The summed E-state index contributed by atoms with van der Waals surface area (Å²) in [6.07, 6.45) is 5.63. The summed E-state index contributed by atoms with van der Waals surface area (Å²) in [5, 5.41) is 9.79. The number of hydrogen-bond donors (Lipinski definition) is 1. The van der Waals surface area contributed by atoms with Gasteiger partial charge < -0.3 is 5.11 Å². The molecule has 18 heavy (non-hydrogen) atoms. The molecule has 1 aliphatic rings. The normalized spacial score (nSPS) is 26.8. The van der Waals surface area contributed by atoms with Crippen LogP contribution in [0, 0.1) is 0 Å². The van der Waals surface area contributed by atoms with Crippen LogP contribution in [0.2, 0.25) is 0 Å². The van der Waals surface area contributed by atoms with E-state index in [1.165, 1.54) is 18.4 Å². The Balaban J connectivity index is 2.27. The largest absolute Gasteiger partial charge is 0.394 e. The van der Waals surface area contributed by atoms with Crippen LogP contribution in [0.4, 0.5) is 0 Å². The molecule has 1 saturated heterocycles. The van der Waals surface area contributed by atoms with Gasteiger partial charge in [0.05, 0.1) is 12.6 Å². The molecule has 2 rings (SSSR count). The molecule has 1 aromatic rings. The van der Waals surface area contributed by atoms with Gasteiger partial charge >= 0.3 is 0 Å². The van der Waals surface area contributed by atoms with Gasteiger partial charge in [0.15, 0.2) is 0 Å². The highest BCUT2D eigenvalue weighted by Gasteiger charge is 2.32. The quantitative estimate of drug-likeness (QED) is 0.824. The first-order valence-electron chi connectivity index (χ1n) is 6.83. The van der Waals surface area contributed by atoms with E-state index in [1.54, 1.807) is 0 Å². The van der Waals surface area contributed by atoms with Crippen molar-refractivity contribution in [2.45, 2.75) is 44.3 Å². The van der Waals surface area contributed by atoms with Crippen LogP contribution in [-0.2, 0) is 0 Å². The predicted octanol–water partition coefficient (Wildman–Crippen LogP) is 3.15. The third-order valence-electron chi connectivity index (χ3n) is 4.00. The van der Waals surface area contributed by atoms with Crippen LogP contribution in [0.5, 0.6) is 0 Å². The lowest BCUT2D eigenvalue weighted by Crippen LogP contribution is -2.47. The number of nitrogens with zero attached hydrogens (tertiary/aromatic N) is 1. The highest BCUT2D eigenvalue weighted by molar-refractivity contribution is 5.20. The number of aliphatic hydroxyl groups excluding tert-OH is 1. The number of likely N-dealkylation sites (tertiary alicyclic amines) is 1. The average molecular weight is 245 g/mol. The maximum absolute atomic E-state index is 9.79. The van der Waals surface area contributed by atoms with Crippen LogP contribution in [0.1, 0.15) is 37.8 Å². The minimum Gasteiger partial charge on any atom is -0.394 e. The topological polar surface area (TPSA) is 23.5 Å². The van der Waals surface area contributed by atoms with Gasteiger partial charge in [0.1, 0.15) is 0 Å². The first kappa shape index (κ1) is 13.3. The molecule has 0 unspecified atom stereocenters. The second-order valence-electron chi connectivity index (χ2n) is 5.14. The van der Waals surface area contributed by atoms with Crippen molar-refractivity contribution < 1.29 is 5.11 Å². The first-order valence-corrected chi connectivity index (χ1v) is 6.83. The molecular weight excluding hydrogens is 222 g/mol. The van der Waals surface area contributed by atoms with Crippen molar-refractivity contribution in [3.8, 4) is 0 Å². The monoisotopic (exact) mass is 245 g/mol. The standard InChI is InChI=1S/C16H23NO/c1-3-15-11-7-8-13(2)17(15)16(12-18)14-9-5-4-6-10-14/h3-6,9-10,13,15-16,18H,1,7-8,11-12H2,2H3/t13-,15-,16-/m0/s1. The summed E-state index contributed by atoms with van der Waals surface area (Å²) < 4.78 is 0. The van der Waals surface area contributed by atoms with Gasteiger partial charge in [-0.3, -0.25) is 4.90 Å². The van der Waals surface area contributed by atoms with Gasteiger partial charge in [0.25, 0.3) is 0 Å². The maximum atomic E-state index is 9.79. The Kier molecular flexibility index (Phi) is 4.56. The van der Waals surface area contributed by atoms with Gasteiger partial charge in [0, 0.05) is 12.1 Å². The predicted molar refractivity (Wildman–Crippen MR) is 75.4 cm³/mol. The molecule has 0 aromatic heterocycles. The van der Waals surface area contributed by atoms with Gasteiger partial charge in [-0.25, -0.2) is 0 Å². The third kappa shape index (κ3) is 2.65. The van der Waals surface area contributed by atoms with Crippen molar-refractivity contribution in [3.63, 3.8) is 0 Å². The molecule has 2 nitrogen and oxygen atoms in total. The molecule has 1 N–H and O–H groups in total. The highest BCUT2D eigenvalue weighted by atomic mass is 16.3. The summed E-state index contributed by atoms with van der Waals surface area (Å²) >= 11 is 0. The lowest BCUT2D eigenvalue weighted by Gasteiger charge is -2.44. The van der Waals surface area contributed by atoms with E-state index in [9.17, 15) is 5.11 Å². The molecule has 0 aliphatic carbocycles.